The number of aryl methyl sites for hydroxylation is 1. The minimum Gasteiger partial charge on any atom is -0.495 e. The fourth-order valence-electron chi connectivity index (χ4n) is 1.70. The van der Waals surface area contributed by atoms with E-state index in [0.717, 1.165) is 29.4 Å². The largest absolute Gasteiger partial charge is 0.495 e. The van der Waals surface area contributed by atoms with Crippen LogP contribution in [0.2, 0.25) is 0 Å². The highest BCUT2D eigenvalue weighted by molar-refractivity contribution is 7.09. The maximum absolute atomic E-state index is 5.98. The van der Waals surface area contributed by atoms with Gasteiger partial charge in [-0.15, -0.1) is 11.3 Å². The van der Waals surface area contributed by atoms with Crippen LogP contribution in [0.3, 0.4) is 0 Å². The van der Waals surface area contributed by atoms with Crippen molar-refractivity contribution in [3.63, 3.8) is 0 Å². The normalized spacial score (nSPS) is 10.3. The number of anilines is 2. The van der Waals surface area contributed by atoms with E-state index in [4.69, 9.17) is 10.5 Å². The minimum absolute atomic E-state index is 0.648. The summed E-state index contributed by atoms with van der Waals surface area (Å²) >= 11 is 1.69. The monoisotopic (exact) mass is 263 g/mol. The first-order valence-electron chi connectivity index (χ1n) is 5.78. The lowest BCUT2D eigenvalue weighted by atomic mass is 10.2. The van der Waals surface area contributed by atoms with Crippen molar-refractivity contribution in [3.05, 3.63) is 34.3 Å². The minimum atomic E-state index is 0.648. The first-order valence-corrected chi connectivity index (χ1v) is 6.66. The van der Waals surface area contributed by atoms with Gasteiger partial charge in [-0.1, -0.05) is 6.07 Å². The third kappa shape index (κ3) is 2.92. The summed E-state index contributed by atoms with van der Waals surface area (Å²) in [5, 5.41) is 6.51. The summed E-state index contributed by atoms with van der Waals surface area (Å²) in [5.41, 5.74) is 8.61. The SMILES string of the molecule is COc1cccc(NCCc2nc(C)cs2)c1N. The predicted molar refractivity (Wildman–Crippen MR) is 76.5 cm³/mol. The molecule has 0 aliphatic rings. The van der Waals surface area contributed by atoms with Crippen LogP contribution in [0.25, 0.3) is 0 Å². The number of para-hydroxylation sites is 1. The molecular weight excluding hydrogens is 246 g/mol. The summed E-state index contributed by atoms with van der Waals surface area (Å²) in [6, 6.07) is 5.72. The number of ether oxygens (including phenoxy) is 1. The molecule has 0 radical (unpaired) electrons. The molecule has 0 aliphatic heterocycles. The van der Waals surface area contributed by atoms with Crippen molar-refractivity contribution in [2.45, 2.75) is 13.3 Å². The molecular formula is C13H17N3OS. The molecule has 0 fully saturated rings. The van der Waals surface area contributed by atoms with Gasteiger partial charge in [-0.3, -0.25) is 0 Å². The number of nitrogen functional groups attached to an aromatic ring is 1. The Morgan fingerprint density at radius 1 is 1.44 bits per heavy atom. The number of thiazole rings is 1. The number of benzene rings is 1. The second-order valence-corrected chi connectivity index (χ2v) is 4.92. The summed E-state index contributed by atoms with van der Waals surface area (Å²) in [4.78, 5) is 4.42. The molecule has 3 N–H and O–H groups in total. The highest BCUT2D eigenvalue weighted by Crippen LogP contribution is 2.28. The van der Waals surface area contributed by atoms with E-state index in [-0.39, 0.29) is 0 Å². The fourth-order valence-corrected chi connectivity index (χ4v) is 2.47. The zero-order valence-corrected chi connectivity index (χ0v) is 11.4. The van der Waals surface area contributed by atoms with Crippen LogP contribution in [-0.2, 0) is 6.42 Å². The molecule has 0 saturated heterocycles. The second kappa shape index (κ2) is 5.73. The standard InChI is InChI=1S/C13H17N3OS/c1-9-8-18-12(16-9)6-7-15-10-4-3-5-11(17-2)13(10)14/h3-5,8,15H,6-7,14H2,1-2H3. The third-order valence-corrected chi connectivity index (χ3v) is 3.63. The van der Waals surface area contributed by atoms with Crippen molar-refractivity contribution >= 4 is 22.7 Å². The molecule has 0 amide bonds. The topological polar surface area (TPSA) is 60.2 Å². The molecule has 96 valence electrons. The molecule has 0 unspecified atom stereocenters. The molecule has 2 rings (SSSR count). The van der Waals surface area contributed by atoms with Crippen LogP contribution < -0.4 is 15.8 Å². The van der Waals surface area contributed by atoms with Gasteiger partial charge in [0.2, 0.25) is 0 Å². The number of nitrogens with two attached hydrogens (primary N) is 1. The zero-order valence-electron chi connectivity index (χ0n) is 10.6. The van der Waals surface area contributed by atoms with Crippen molar-refractivity contribution in [2.75, 3.05) is 24.7 Å². The van der Waals surface area contributed by atoms with Gasteiger partial charge >= 0.3 is 0 Å². The van der Waals surface area contributed by atoms with Crippen molar-refractivity contribution in [1.82, 2.24) is 4.98 Å². The molecule has 0 bridgehead atoms. The Kier molecular flexibility index (Phi) is 4.04. The smallest absolute Gasteiger partial charge is 0.143 e. The van der Waals surface area contributed by atoms with E-state index in [0.29, 0.717) is 11.4 Å². The van der Waals surface area contributed by atoms with Crippen LogP contribution in [0.5, 0.6) is 5.75 Å². The van der Waals surface area contributed by atoms with E-state index >= 15 is 0 Å². The van der Waals surface area contributed by atoms with Crippen LogP contribution >= 0.6 is 11.3 Å². The fraction of sp³-hybridized carbons (Fsp3) is 0.308. The van der Waals surface area contributed by atoms with Crippen molar-refractivity contribution in [3.8, 4) is 5.75 Å². The summed E-state index contributed by atoms with van der Waals surface area (Å²) in [6.45, 7) is 2.82. The predicted octanol–water partition coefficient (Wildman–Crippen LogP) is 2.70. The van der Waals surface area contributed by atoms with Crippen LogP contribution in [0.4, 0.5) is 11.4 Å². The Balaban J connectivity index is 1.94. The van der Waals surface area contributed by atoms with Gasteiger partial charge in [0.15, 0.2) is 0 Å². The maximum atomic E-state index is 5.98. The molecule has 0 saturated carbocycles. The number of nitrogens with zero attached hydrogens (tertiary/aromatic N) is 1. The van der Waals surface area contributed by atoms with Crippen LogP contribution in [-0.4, -0.2) is 18.6 Å². The van der Waals surface area contributed by atoms with E-state index in [1.165, 1.54) is 0 Å². The van der Waals surface area contributed by atoms with E-state index in [1.807, 2.05) is 25.1 Å². The van der Waals surface area contributed by atoms with E-state index < -0.39 is 0 Å². The van der Waals surface area contributed by atoms with E-state index in [9.17, 15) is 0 Å². The Hall–Kier alpha value is -1.75. The Labute approximate surface area is 111 Å². The van der Waals surface area contributed by atoms with Gasteiger partial charge < -0.3 is 15.8 Å². The zero-order chi connectivity index (χ0) is 13.0. The molecule has 1 aromatic heterocycles. The molecule has 2 aromatic rings. The summed E-state index contributed by atoms with van der Waals surface area (Å²) in [7, 11) is 1.62. The second-order valence-electron chi connectivity index (χ2n) is 3.98. The number of hydrogen-bond acceptors (Lipinski definition) is 5. The highest BCUT2D eigenvalue weighted by Gasteiger charge is 2.04. The average molecular weight is 263 g/mol. The highest BCUT2D eigenvalue weighted by atomic mass is 32.1. The summed E-state index contributed by atoms with van der Waals surface area (Å²) < 4.78 is 5.18. The molecule has 5 heteroatoms. The molecule has 4 nitrogen and oxygen atoms in total. The van der Waals surface area contributed by atoms with Gasteiger partial charge in [0.05, 0.1) is 23.5 Å². The third-order valence-electron chi connectivity index (χ3n) is 2.61. The lowest BCUT2D eigenvalue weighted by Gasteiger charge is -2.11. The lowest BCUT2D eigenvalue weighted by Crippen LogP contribution is -2.07. The quantitative estimate of drug-likeness (QED) is 0.814. The molecule has 0 spiro atoms. The van der Waals surface area contributed by atoms with E-state index in [1.54, 1.807) is 18.4 Å². The summed E-state index contributed by atoms with van der Waals surface area (Å²) in [5.74, 6) is 0.699. The number of methoxy groups -OCH3 is 1. The van der Waals surface area contributed by atoms with Gasteiger partial charge in [-0.25, -0.2) is 4.98 Å². The van der Waals surface area contributed by atoms with Gasteiger partial charge in [0, 0.05) is 24.0 Å². The van der Waals surface area contributed by atoms with Crippen molar-refractivity contribution < 1.29 is 4.74 Å². The van der Waals surface area contributed by atoms with Crippen LogP contribution in [0, 0.1) is 6.92 Å². The Morgan fingerprint density at radius 3 is 2.94 bits per heavy atom. The van der Waals surface area contributed by atoms with Crippen molar-refractivity contribution in [1.29, 1.82) is 0 Å². The first kappa shape index (κ1) is 12.7. The summed E-state index contributed by atoms with van der Waals surface area (Å²) in [6.07, 6.45) is 0.898. The maximum Gasteiger partial charge on any atom is 0.143 e. The van der Waals surface area contributed by atoms with Crippen LogP contribution in [0.15, 0.2) is 23.6 Å². The molecule has 18 heavy (non-hydrogen) atoms. The average Bonchev–Trinajstić information content (AvgIpc) is 2.77. The Bertz CT molecular complexity index is 525. The molecule has 0 aliphatic carbocycles. The first-order chi connectivity index (χ1) is 8.70. The Morgan fingerprint density at radius 2 is 2.28 bits per heavy atom. The van der Waals surface area contributed by atoms with Gasteiger partial charge in [0.25, 0.3) is 0 Å². The van der Waals surface area contributed by atoms with Crippen LogP contribution in [0.1, 0.15) is 10.7 Å². The number of aromatic nitrogens is 1. The van der Waals surface area contributed by atoms with Gasteiger partial charge in [-0.2, -0.15) is 0 Å². The molecule has 0 atom stereocenters. The van der Waals surface area contributed by atoms with Gasteiger partial charge in [0.1, 0.15) is 5.75 Å². The molecule has 1 heterocycles. The van der Waals surface area contributed by atoms with Gasteiger partial charge in [-0.05, 0) is 19.1 Å². The number of hydrogen-bond donors (Lipinski definition) is 2. The molecule has 1 aromatic carbocycles. The number of nitrogens with one attached hydrogen (secondary N) is 1. The lowest BCUT2D eigenvalue weighted by molar-refractivity contribution is 0.417. The van der Waals surface area contributed by atoms with E-state index in [2.05, 4.69) is 15.7 Å². The number of rotatable bonds is 5. The van der Waals surface area contributed by atoms with Crippen molar-refractivity contribution in [2.24, 2.45) is 0 Å².